The van der Waals surface area contributed by atoms with Crippen LogP contribution in [0.25, 0.3) is 11.0 Å². The number of hydrogen-bond donors (Lipinski definition) is 0. The van der Waals surface area contributed by atoms with E-state index >= 15 is 0 Å². The predicted octanol–water partition coefficient (Wildman–Crippen LogP) is 3.21. The zero-order chi connectivity index (χ0) is 13.8. The molecule has 1 heterocycles. The minimum atomic E-state index is 0.226. The topological polar surface area (TPSA) is 36.3 Å². The van der Waals surface area contributed by atoms with Gasteiger partial charge in [-0.05, 0) is 26.0 Å². The quantitative estimate of drug-likeness (QED) is 0.764. The Bertz CT molecular complexity index is 552. The van der Waals surface area contributed by atoms with E-state index in [2.05, 4.69) is 9.55 Å². The smallest absolute Gasteiger partial charge is 0.124 e. The third-order valence-corrected chi connectivity index (χ3v) is 3.16. The van der Waals surface area contributed by atoms with Crippen LogP contribution in [0.3, 0.4) is 0 Å². The fraction of sp³-hybridized carbons (Fsp3) is 0.500. The maximum atomic E-state index is 5.96. The minimum absolute atomic E-state index is 0.226. The summed E-state index contributed by atoms with van der Waals surface area (Å²) in [6.07, 6.45) is 0.226. The summed E-state index contributed by atoms with van der Waals surface area (Å²) in [5.41, 5.74) is 1.96. The van der Waals surface area contributed by atoms with E-state index in [1.54, 1.807) is 7.11 Å². The number of alkyl halides is 1. The summed E-state index contributed by atoms with van der Waals surface area (Å²) in [7, 11) is 1.66. The van der Waals surface area contributed by atoms with Crippen molar-refractivity contribution in [2.24, 2.45) is 0 Å². The first kappa shape index (κ1) is 14.2. The molecule has 0 aliphatic heterocycles. The third kappa shape index (κ3) is 3.19. The summed E-state index contributed by atoms with van der Waals surface area (Å²) < 4.78 is 12.9. The standard InChI is InChI=1S/C14H19ClN2O2/c1-10(2)19-7-6-17-13-8-11(18-3)4-5-12(13)16-14(17)9-15/h4-5,8,10H,6-7,9H2,1-3H3. The largest absolute Gasteiger partial charge is 0.497 e. The van der Waals surface area contributed by atoms with Crippen molar-refractivity contribution in [3.8, 4) is 5.75 Å². The molecule has 4 nitrogen and oxygen atoms in total. The Labute approximate surface area is 118 Å². The number of rotatable bonds is 6. The molecule has 0 radical (unpaired) electrons. The zero-order valence-corrected chi connectivity index (χ0v) is 12.3. The van der Waals surface area contributed by atoms with Crippen LogP contribution in [0.15, 0.2) is 18.2 Å². The molecule has 1 aromatic carbocycles. The van der Waals surface area contributed by atoms with Crippen LogP contribution in [0.2, 0.25) is 0 Å². The Morgan fingerprint density at radius 3 is 2.79 bits per heavy atom. The number of benzene rings is 1. The molecular weight excluding hydrogens is 264 g/mol. The summed E-state index contributed by atoms with van der Waals surface area (Å²) in [6, 6.07) is 5.83. The summed E-state index contributed by atoms with van der Waals surface area (Å²) in [6.45, 7) is 5.43. The predicted molar refractivity (Wildman–Crippen MR) is 76.9 cm³/mol. The number of aromatic nitrogens is 2. The average Bonchev–Trinajstić information content (AvgIpc) is 2.75. The van der Waals surface area contributed by atoms with Gasteiger partial charge in [0.05, 0.1) is 36.7 Å². The van der Waals surface area contributed by atoms with E-state index in [0.717, 1.165) is 29.2 Å². The number of nitrogens with zero attached hydrogens (tertiary/aromatic N) is 2. The first-order valence-corrected chi connectivity index (χ1v) is 6.90. The van der Waals surface area contributed by atoms with Crippen LogP contribution in [-0.2, 0) is 17.2 Å². The number of ether oxygens (including phenoxy) is 2. The number of fused-ring (bicyclic) bond motifs is 1. The molecule has 2 rings (SSSR count). The van der Waals surface area contributed by atoms with Crippen LogP contribution in [0.5, 0.6) is 5.75 Å². The fourth-order valence-corrected chi connectivity index (χ4v) is 2.21. The van der Waals surface area contributed by atoms with Crippen LogP contribution < -0.4 is 4.74 Å². The monoisotopic (exact) mass is 282 g/mol. The lowest BCUT2D eigenvalue weighted by Crippen LogP contribution is -2.12. The molecule has 1 aromatic heterocycles. The van der Waals surface area contributed by atoms with Crippen LogP contribution in [0, 0.1) is 0 Å². The van der Waals surface area contributed by atoms with Gasteiger partial charge in [-0.25, -0.2) is 4.98 Å². The molecule has 5 heteroatoms. The lowest BCUT2D eigenvalue weighted by Gasteiger charge is -2.11. The van der Waals surface area contributed by atoms with E-state index in [1.807, 2.05) is 32.0 Å². The first-order chi connectivity index (χ1) is 9.15. The Balaban J connectivity index is 2.32. The molecule has 0 spiro atoms. The Hall–Kier alpha value is -1.26. The summed E-state index contributed by atoms with van der Waals surface area (Å²) >= 11 is 5.96. The van der Waals surface area contributed by atoms with Crippen molar-refractivity contribution in [3.05, 3.63) is 24.0 Å². The third-order valence-electron chi connectivity index (χ3n) is 2.92. The second kappa shape index (κ2) is 6.26. The fourth-order valence-electron chi connectivity index (χ4n) is 2.01. The SMILES string of the molecule is COc1ccc2nc(CCl)n(CCOC(C)C)c2c1. The highest BCUT2D eigenvalue weighted by Gasteiger charge is 2.11. The van der Waals surface area contributed by atoms with Crippen molar-refractivity contribution in [1.29, 1.82) is 0 Å². The van der Waals surface area contributed by atoms with Gasteiger partial charge in [0.15, 0.2) is 0 Å². The minimum Gasteiger partial charge on any atom is -0.497 e. The molecule has 19 heavy (non-hydrogen) atoms. The first-order valence-electron chi connectivity index (χ1n) is 6.36. The lowest BCUT2D eigenvalue weighted by molar-refractivity contribution is 0.0729. The van der Waals surface area contributed by atoms with E-state index < -0.39 is 0 Å². The number of hydrogen-bond acceptors (Lipinski definition) is 3. The zero-order valence-electron chi connectivity index (χ0n) is 11.5. The van der Waals surface area contributed by atoms with Gasteiger partial charge in [-0.15, -0.1) is 11.6 Å². The summed E-state index contributed by atoms with van der Waals surface area (Å²) in [4.78, 5) is 4.52. The highest BCUT2D eigenvalue weighted by Crippen LogP contribution is 2.22. The summed E-state index contributed by atoms with van der Waals surface area (Å²) in [5.74, 6) is 2.07. The molecule has 0 atom stereocenters. The van der Waals surface area contributed by atoms with Gasteiger partial charge in [0.2, 0.25) is 0 Å². The highest BCUT2D eigenvalue weighted by molar-refractivity contribution is 6.16. The molecule has 0 aliphatic rings. The van der Waals surface area contributed by atoms with Crippen LogP contribution in [0.1, 0.15) is 19.7 Å². The normalized spacial score (nSPS) is 11.4. The number of halogens is 1. The number of imidazole rings is 1. The van der Waals surface area contributed by atoms with Gasteiger partial charge in [0, 0.05) is 12.6 Å². The van der Waals surface area contributed by atoms with Crippen molar-refractivity contribution >= 4 is 22.6 Å². The van der Waals surface area contributed by atoms with E-state index in [0.29, 0.717) is 12.5 Å². The van der Waals surface area contributed by atoms with Crippen LogP contribution in [-0.4, -0.2) is 29.4 Å². The van der Waals surface area contributed by atoms with Gasteiger partial charge in [0.25, 0.3) is 0 Å². The van der Waals surface area contributed by atoms with E-state index in [1.165, 1.54) is 0 Å². The average molecular weight is 283 g/mol. The molecule has 0 fully saturated rings. The molecular formula is C14H19ClN2O2. The Morgan fingerprint density at radius 1 is 1.37 bits per heavy atom. The van der Waals surface area contributed by atoms with Gasteiger partial charge in [-0.3, -0.25) is 0 Å². The maximum Gasteiger partial charge on any atom is 0.124 e. The van der Waals surface area contributed by atoms with Crippen molar-refractivity contribution in [2.45, 2.75) is 32.4 Å². The second-order valence-electron chi connectivity index (χ2n) is 4.59. The molecule has 0 unspecified atom stereocenters. The van der Waals surface area contributed by atoms with E-state index in [-0.39, 0.29) is 6.10 Å². The highest BCUT2D eigenvalue weighted by atomic mass is 35.5. The molecule has 0 aliphatic carbocycles. The van der Waals surface area contributed by atoms with Gasteiger partial charge in [-0.2, -0.15) is 0 Å². The molecule has 0 saturated heterocycles. The number of methoxy groups -OCH3 is 1. The van der Waals surface area contributed by atoms with Crippen molar-refractivity contribution in [3.63, 3.8) is 0 Å². The molecule has 2 aromatic rings. The maximum absolute atomic E-state index is 5.96. The summed E-state index contributed by atoms with van der Waals surface area (Å²) in [5, 5.41) is 0. The lowest BCUT2D eigenvalue weighted by atomic mass is 10.3. The molecule has 0 N–H and O–H groups in total. The van der Waals surface area contributed by atoms with Crippen LogP contribution >= 0.6 is 11.6 Å². The molecule has 0 amide bonds. The van der Waals surface area contributed by atoms with Crippen molar-refractivity contribution in [2.75, 3.05) is 13.7 Å². The Morgan fingerprint density at radius 2 is 2.16 bits per heavy atom. The van der Waals surface area contributed by atoms with E-state index in [4.69, 9.17) is 21.1 Å². The van der Waals surface area contributed by atoms with Crippen LogP contribution in [0.4, 0.5) is 0 Å². The van der Waals surface area contributed by atoms with Gasteiger partial charge >= 0.3 is 0 Å². The molecule has 0 saturated carbocycles. The van der Waals surface area contributed by atoms with Crippen molar-refractivity contribution < 1.29 is 9.47 Å². The van der Waals surface area contributed by atoms with Gasteiger partial charge in [0.1, 0.15) is 11.6 Å². The molecule has 104 valence electrons. The van der Waals surface area contributed by atoms with E-state index in [9.17, 15) is 0 Å². The van der Waals surface area contributed by atoms with Gasteiger partial charge in [-0.1, -0.05) is 0 Å². The molecule has 0 bridgehead atoms. The second-order valence-corrected chi connectivity index (χ2v) is 4.85. The van der Waals surface area contributed by atoms with Gasteiger partial charge < -0.3 is 14.0 Å². The van der Waals surface area contributed by atoms with Crippen molar-refractivity contribution in [1.82, 2.24) is 9.55 Å². The Kier molecular flexibility index (Phi) is 4.66.